The van der Waals surface area contributed by atoms with Gasteiger partial charge in [-0.3, -0.25) is 14.3 Å². The number of amides is 2. The average molecular weight is 852 g/mol. The molecule has 6 aromatic rings. The van der Waals surface area contributed by atoms with Crippen LogP contribution in [0.15, 0.2) is 83.1 Å². The predicted molar refractivity (Wildman–Crippen MR) is 226 cm³/mol. The predicted octanol–water partition coefficient (Wildman–Crippen LogP) is 4.84. The molecule has 4 aromatic heterocycles. The van der Waals surface area contributed by atoms with Crippen molar-refractivity contribution in [3.8, 4) is 44.5 Å². The molecule has 0 saturated carbocycles. The van der Waals surface area contributed by atoms with Crippen LogP contribution >= 0.6 is 11.3 Å². The van der Waals surface area contributed by atoms with E-state index in [4.69, 9.17) is 24.5 Å². The van der Waals surface area contributed by atoms with Crippen molar-refractivity contribution in [2.24, 2.45) is 5.92 Å². The number of nitrogens with two attached hydrogens (primary N) is 1. The number of nitrogens with one attached hydrogen (secondary N) is 1. The van der Waals surface area contributed by atoms with Gasteiger partial charge in [-0.15, -0.1) is 21.5 Å². The number of hydrogen-bond acceptors (Lipinski definition) is 15. The molecule has 0 radical (unpaired) electrons. The number of nitrogen functional groups attached to an aromatic ring is 1. The first kappa shape index (κ1) is 42.9. The third kappa shape index (κ3) is 10.6. The van der Waals surface area contributed by atoms with Gasteiger partial charge in [-0.05, 0) is 47.3 Å². The number of phenolic OH excluding ortho intramolecular Hbond substituents is 1. The van der Waals surface area contributed by atoms with E-state index in [0.29, 0.717) is 48.9 Å². The van der Waals surface area contributed by atoms with Gasteiger partial charge in [-0.2, -0.15) is 5.10 Å². The number of phenols is 1. The zero-order valence-electron chi connectivity index (χ0n) is 34.1. The topological polar surface area (TPSA) is 226 Å². The summed E-state index contributed by atoms with van der Waals surface area (Å²) >= 11 is 1.58. The summed E-state index contributed by atoms with van der Waals surface area (Å²) in [4.78, 5) is 34.3. The summed E-state index contributed by atoms with van der Waals surface area (Å²) in [6.45, 7) is 8.12. The number of thiazole rings is 1. The summed E-state index contributed by atoms with van der Waals surface area (Å²) in [5.74, 6) is -0.738. The molecule has 1 unspecified atom stereocenters. The van der Waals surface area contributed by atoms with Gasteiger partial charge in [0, 0.05) is 48.5 Å². The van der Waals surface area contributed by atoms with Crippen molar-refractivity contribution >= 4 is 29.0 Å². The molecule has 2 amide bonds. The highest BCUT2D eigenvalue weighted by atomic mass is 32.1. The highest BCUT2D eigenvalue weighted by Crippen LogP contribution is 2.34. The van der Waals surface area contributed by atoms with Crippen molar-refractivity contribution in [2.45, 2.75) is 58.3 Å². The van der Waals surface area contributed by atoms with E-state index in [-0.39, 0.29) is 67.9 Å². The van der Waals surface area contributed by atoms with Gasteiger partial charge in [0.05, 0.1) is 67.0 Å². The fourth-order valence-electron chi connectivity index (χ4n) is 7.13. The van der Waals surface area contributed by atoms with E-state index in [2.05, 4.69) is 30.8 Å². The summed E-state index contributed by atoms with van der Waals surface area (Å²) < 4.78 is 24.4. The second-order valence-corrected chi connectivity index (χ2v) is 15.8. The number of para-hydroxylation sites is 1. The molecule has 7 rings (SSSR count). The molecule has 0 spiro atoms. The largest absolute Gasteiger partial charge is 0.507 e. The van der Waals surface area contributed by atoms with Crippen LogP contribution in [-0.4, -0.2) is 109 Å². The lowest BCUT2D eigenvalue weighted by molar-refractivity contribution is -0.141. The first-order valence-corrected chi connectivity index (χ1v) is 20.9. The Morgan fingerprint density at radius 1 is 1.00 bits per heavy atom. The van der Waals surface area contributed by atoms with Crippen LogP contribution in [0, 0.1) is 12.8 Å². The maximum absolute atomic E-state index is 14.0. The zero-order valence-corrected chi connectivity index (χ0v) is 35.0. The molecule has 1 saturated heterocycles. The summed E-state index contributed by atoms with van der Waals surface area (Å²) in [5, 5.41) is 40.3. The van der Waals surface area contributed by atoms with Crippen molar-refractivity contribution in [1.82, 2.24) is 40.3 Å². The second kappa shape index (κ2) is 19.9. The quantitative estimate of drug-likeness (QED) is 0.0800. The number of aromatic hydroxyl groups is 1. The lowest BCUT2D eigenvalue weighted by Crippen LogP contribution is -2.48. The molecule has 5 heterocycles. The maximum Gasteiger partial charge on any atom is 0.254 e. The number of nitrogens with zero attached hydrogens (tertiary/aromatic N) is 7. The lowest BCUT2D eigenvalue weighted by atomic mass is 9.91. The number of aliphatic hydroxyl groups is 1. The molecule has 0 bridgehead atoms. The van der Waals surface area contributed by atoms with Crippen LogP contribution < -0.4 is 15.8 Å². The molecule has 61 heavy (non-hydrogen) atoms. The molecule has 0 aliphatic carbocycles. The number of aryl methyl sites for hydroxylation is 1. The molecular formula is C43H49N9O8S. The molecule has 1 aliphatic heterocycles. The van der Waals surface area contributed by atoms with E-state index in [9.17, 15) is 19.8 Å². The minimum atomic E-state index is -0.831. The van der Waals surface area contributed by atoms with Crippen molar-refractivity contribution in [3.05, 3.63) is 95.6 Å². The Kier molecular flexibility index (Phi) is 14.0. The van der Waals surface area contributed by atoms with Crippen LogP contribution in [0.2, 0.25) is 0 Å². The van der Waals surface area contributed by atoms with Crippen LogP contribution in [0.1, 0.15) is 43.2 Å². The number of anilines is 1. The van der Waals surface area contributed by atoms with E-state index in [1.54, 1.807) is 52.5 Å². The summed E-state index contributed by atoms with van der Waals surface area (Å²) in [6, 6.07) is 17.3. The fourth-order valence-corrected chi connectivity index (χ4v) is 7.94. The third-order valence-corrected chi connectivity index (χ3v) is 11.3. The number of rotatable bonds is 19. The number of carbonyl (C=O) groups excluding carboxylic acids is 2. The maximum atomic E-state index is 14.0. The minimum absolute atomic E-state index is 0.0369. The Hall–Kier alpha value is -6.21. The molecule has 320 valence electrons. The standard InChI is InChI=1S/C43H49N9O8S/c1-26(2)39(43(56)52-24-31(53)18-35(52)42(55)45-21-28-8-10-29(11-9-28)40-27(3)46-25-61-40)37-20-38(50-60-37)59-17-16-58-15-14-57-13-12-51-23-30(22-47-51)33-19-34(48-49-41(33)44)32-6-4-5-7-36(32)54/h4-11,19-20,22-23,25-26,31,35,39,53-54H,12-18,21,24H2,1-3H3,(H2,44,49)(H,45,55)/t31-,35+,39?/m1/s1. The van der Waals surface area contributed by atoms with Crippen LogP contribution in [0.3, 0.4) is 0 Å². The first-order chi connectivity index (χ1) is 29.5. The molecular weight excluding hydrogens is 803 g/mol. The van der Waals surface area contributed by atoms with E-state index in [1.165, 1.54) is 4.90 Å². The number of aliphatic hydroxyl groups excluding tert-OH is 1. The highest BCUT2D eigenvalue weighted by molar-refractivity contribution is 7.13. The number of ether oxygens (including phenoxy) is 3. The van der Waals surface area contributed by atoms with Gasteiger partial charge >= 0.3 is 0 Å². The van der Waals surface area contributed by atoms with Crippen LogP contribution in [0.25, 0.3) is 32.8 Å². The van der Waals surface area contributed by atoms with Crippen LogP contribution in [0.4, 0.5) is 5.82 Å². The number of β-amino-alcohol motifs (C(OH)–C–C–N with tert-alkyl or cyclic N) is 1. The Morgan fingerprint density at radius 2 is 1.77 bits per heavy atom. The number of carbonyl (C=O) groups is 2. The molecule has 1 aliphatic rings. The van der Waals surface area contributed by atoms with E-state index in [0.717, 1.165) is 27.3 Å². The normalized spacial score (nSPS) is 15.7. The smallest absolute Gasteiger partial charge is 0.254 e. The molecule has 2 aromatic carbocycles. The number of likely N-dealkylation sites (tertiary alicyclic amines) is 1. The van der Waals surface area contributed by atoms with Gasteiger partial charge in [-0.25, -0.2) is 4.98 Å². The summed E-state index contributed by atoms with van der Waals surface area (Å²) in [5.41, 5.74) is 13.3. The zero-order chi connectivity index (χ0) is 42.9. The highest BCUT2D eigenvalue weighted by Gasteiger charge is 2.43. The Bertz CT molecular complexity index is 2400. The molecule has 1 fully saturated rings. The Labute approximate surface area is 356 Å². The van der Waals surface area contributed by atoms with Gasteiger partial charge in [0.25, 0.3) is 5.88 Å². The van der Waals surface area contributed by atoms with Gasteiger partial charge in [0.1, 0.15) is 24.3 Å². The number of hydrogen-bond donors (Lipinski definition) is 4. The van der Waals surface area contributed by atoms with Gasteiger partial charge in [0.15, 0.2) is 11.6 Å². The van der Waals surface area contributed by atoms with E-state index in [1.807, 2.05) is 62.8 Å². The monoisotopic (exact) mass is 851 g/mol. The summed E-state index contributed by atoms with van der Waals surface area (Å²) in [6.07, 6.45) is 2.84. The molecule has 5 N–H and O–H groups in total. The van der Waals surface area contributed by atoms with Gasteiger partial charge in [-0.1, -0.05) is 50.2 Å². The molecule has 3 atom stereocenters. The van der Waals surface area contributed by atoms with Crippen LogP contribution in [0.5, 0.6) is 11.6 Å². The van der Waals surface area contributed by atoms with Gasteiger partial charge < -0.3 is 44.9 Å². The van der Waals surface area contributed by atoms with Crippen molar-refractivity contribution in [2.75, 3.05) is 45.3 Å². The lowest BCUT2D eigenvalue weighted by Gasteiger charge is -2.28. The van der Waals surface area contributed by atoms with Crippen molar-refractivity contribution < 1.29 is 38.5 Å². The van der Waals surface area contributed by atoms with Crippen molar-refractivity contribution in [1.29, 1.82) is 0 Å². The number of benzene rings is 2. The first-order valence-electron chi connectivity index (χ1n) is 20.0. The van der Waals surface area contributed by atoms with Crippen LogP contribution in [-0.2, 0) is 32.2 Å². The SMILES string of the molecule is Cc1ncsc1-c1ccc(CNC(=O)[C@@H]2C[C@@H](O)CN2C(=O)C(c2cc(OCCOCCOCCn3cc(-c4cc(-c5ccccc5O)nnc4N)cn3)no2)C(C)C)cc1. The van der Waals surface area contributed by atoms with E-state index < -0.39 is 18.1 Å². The van der Waals surface area contributed by atoms with Gasteiger partial charge in [0.2, 0.25) is 11.8 Å². The second-order valence-electron chi connectivity index (χ2n) is 15.0. The van der Waals surface area contributed by atoms with E-state index >= 15 is 0 Å². The Morgan fingerprint density at radius 3 is 2.52 bits per heavy atom. The summed E-state index contributed by atoms with van der Waals surface area (Å²) in [7, 11) is 0. The molecule has 18 heteroatoms. The average Bonchev–Trinajstić information content (AvgIpc) is 4.08. The van der Waals surface area contributed by atoms with Crippen molar-refractivity contribution in [3.63, 3.8) is 0 Å². The fraction of sp³-hybridized carbons (Fsp3) is 0.372. The Balaban J connectivity index is 0.819. The molecule has 17 nitrogen and oxygen atoms in total. The minimum Gasteiger partial charge on any atom is -0.507 e. The third-order valence-electron chi connectivity index (χ3n) is 10.3. The number of aromatic nitrogens is 6.